The molecule has 2 rings (SSSR count). The lowest BCUT2D eigenvalue weighted by Gasteiger charge is -2.11. The molecule has 0 saturated heterocycles. The van der Waals surface area contributed by atoms with E-state index in [2.05, 4.69) is 15.5 Å². The third-order valence-corrected chi connectivity index (χ3v) is 2.55. The topological polar surface area (TPSA) is 102 Å². The number of aromatic nitrogens is 4. The van der Waals surface area contributed by atoms with Crippen molar-refractivity contribution in [2.75, 3.05) is 0 Å². The van der Waals surface area contributed by atoms with Gasteiger partial charge in [-0.25, -0.2) is 4.79 Å². The Morgan fingerprint density at radius 2 is 1.84 bits per heavy atom. The molecule has 19 heavy (non-hydrogen) atoms. The third-order valence-electron chi connectivity index (χ3n) is 2.55. The Balaban J connectivity index is 2.18. The minimum absolute atomic E-state index is 0.303. The van der Waals surface area contributed by atoms with Crippen LogP contribution in [0.2, 0.25) is 0 Å². The fourth-order valence-electron chi connectivity index (χ4n) is 1.63. The third kappa shape index (κ3) is 2.79. The van der Waals surface area contributed by atoms with E-state index in [1.54, 1.807) is 20.3 Å². The standard InChI is InChI=1S/C11H13N5O3/c1-15-5-7(3-12-15)9(11(18)19)14-10(17)8-4-13-16(2)6-8/h3-6,9H,1-2H3,(H,14,17)(H,18,19). The number of carboxylic acid groups (broad SMARTS) is 1. The predicted molar refractivity (Wildman–Crippen MR) is 64.3 cm³/mol. The summed E-state index contributed by atoms with van der Waals surface area (Å²) in [4.78, 5) is 23.1. The molecule has 100 valence electrons. The molecule has 1 amide bonds. The van der Waals surface area contributed by atoms with Gasteiger partial charge in [-0.15, -0.1) is 0 Å². The summed E-state index contributed by atoms with van der Waals surface area (Å²) in [5.74, 6) is -1.64. The Morgan fingerprint density at radius 1 is 1.21 bits per heavy atom. The molecule has 8 heteroatoms. The quantitative estimate of drug-likeness (QED) is 0.789. The zero-order valence-corrected chi connectivity index (χ0v) is 10.4. The van der Waals surface area contributed by atoms with Crippen LogP contribution in [-0.2, 0) is 18.9 Å². The smallest absolute Gasteiger partial charge is 0.331 e. The molecule has 1 atom stereocenters. The number of hydrogen-bond acceptors (Lipinski definition) is 4. The molecule has 1 unspecified atom stereocenters. The first kappa shape index (κ1) is 12.8. The van der Waals surface area contributed by atoms with Crippen LogP contribution in [0.5, 0.6) is 0 Å². The van der Waals surface area contributed by atoms with E-state index in [1.165, 1.54) is 28.0 Å². The zero-order valence-electron chi connectivity index (χ0n) is 10.4. The number of aliphatic carboxylic acids is 1. The number of aryl methyl sites for hydroxylation is 2. The number of hydrogen-bond donors (Lipinski definition) is 2. The maximum Gasteiger partial charge on any atom is 0.331 e. The second-order valence-corrected chi connectivity index (χ2v) is 4.09. The van der Waals surface area contributed by atoms with Crippen LogP contribution in [0.1, 0.15) is 22.0 Å². The van der Waals surface area contributed by atoms with Crippen LogP contribution < -0.4 is 5.32 Å². The van der Waals surface area contributed by atoms with Gasteiger partial charge >= 0.3 is 5.97 Å². The van der Waals surface area contributed by atoms with Crippen molar-refractivity contribution < 1.29 is 14.7 Å². The molecular formula is C11H13N5O3. The molecule has 2 aromatic heterocycles. The highest BCUT2D eigenvalue weighted by atomic mass is 16.4. The van der Waals surface area contributed by atoms with Crippen LogP contribution in [0, 0.1) is 0 Å². The van der Waals surface area contributed by atoms with Crippen molar-refractivity contribution in [3.8, 4) is 0 Å². The van der Waals surface area contributed by atoms with Gasteiger partial charge in [-0.05, 0) is 0 Å². The SMILES string of the molecule is Cn1cc(C(=O)NC(C(=O)O)c2cnn(C)c2)cn1. The van der Waals surface area contributed by atoms with Gasteiger partial charge in [0.25, 0.3) is 5.91 Å². The van der Waals surface area contributed by atoms with E-state index in [9.17, 15) is 9.59 Å². The monoisotopic (exact) mass is 263 g/mol. The molecule has 2 heterocycles. The van der Waals surface area contributed by atoms with Gasteiger partial charge in [-0.2, -0.15) is 10.2 Å². The Labute approximate surface area is 108 Å². The molecule has 8 nitrogen and oxygen atoms in total. The number of carboxylic acids is 1. The lowest BCUT2D eigenvalue weighted by atomic mass is 10.1. The maximum absolute atomic E-state index is 11.9. The number of carbonyl (C=O) groups is 2. The van der Waals surface area contributed by atoms with Gasteiger partial charge in [-0.3, -0.25) is 14.2 Å². The Kier molecular flexibility index (Phi) is 3.32. The van der Waals surface area contributed by atoms with Gasteiger partial charge in [0.2, 0.25) is 0 Å². The highest BCUT2D eigenvalue weighted by Gasteiger charge is 2.24. The molecule has 0 saturated carbocycles. The van der Waals surface area contributed by atoms with E-state index in [0.29, 0.717) is 11.1 Å². The lowest BCUT2D eigenvalue weighted by Crippen LogP contribution is -2.33. The largest absolute Gasteiger partial charge is 0.479 e. The summed E-state index contributed by atoms with van der Waals surface area (Å²) >= 11 is 0. The minimum atomic E-state index is -1.15. The summed E-state index contributed by atoms with van der Waals surface area (Å²) in [6, 6.07) is -1.14. The molecule has 2 N–H and O–H groups in total. The first-order chi connectivity index (χ1) is 8.97. The Morgan fingerprint density at radius 3 is 2.32 bits per heavy atom. The molecule has 0 aromatic carbocycles. The van der Waals surface area contributed by atoms with Crippen LogP contribution in [0.4, 0.5) is 0 Å². The lowest BCUT2D eigenvalue weighted by molar-refractivity contribution is -0.139. The molecular weight excluding hydrogens is 250 g/mol. The van der Waals surface area contributed by atoms with Crippen molar-refractivity contribution >= 4 is 11.9 Å². The second kappa shape index (κ2) is 4.92. The number of amides is 1. The van der Waals surface area contributed by atoms with Crippen molar-refractivity contribution in [2.45, 2.75) is 6.04 Å². The molecule has 0 spiro atoms. The highest BCUT2D eigenvalue weighted by Crippen LogP contribution is 2.13. The summed E-state index contributed by atoms with van der Waals surface area (Å²) in [5, 5.41) is 19.3. The first-order valence-corrected chi connectivity index (χ1v) is 5.48. The van der Waals surface area contributed by atoms with Crippen LogP contribution in [0.15, 0.2) is 24.8 Å². The van der Waals surface area contributed by atoms with Crippen molar-refractivity contribution in [1.82, 2.24) is 24.9 Å². The fraction of sp³-hybridized carbons (Fsp3) is 0.273. The van der Waals surface area contributed by atoms with E-state index in [1.807, 2.05) is 0 Å². The summed E-state index contributed by atoms with van der Waals surface area (Å²) < 4.78 is 2.94. The number of rotatable bonds is 4. The molecule has 0 fully saturated rings. The zero-order chi connectivity index (χ0) is 14.0. The normalized spacial score (nSPS) is 12.1. The first-order valence-electron chi connectivity index (χ1n) is 5.48. The molecule has 0 aliphatic carbocycles. The number of carbonyl (C=O) groups excluding carboxylic acids is 1. The van der Waals surface area contributed by atoms with Crippen molar-refractivity contribution in [3.63, 3.8) is 0 Å². The number of nitrogens with zero attached hydrogens (tertiary/aromatic N) is 4. The molecule has 0 aliphatic rings. The average molecular weight is 263 g/mol. The number of nitrogens with one attached hydrogen (secondary N) is 1. The second-order valence-electron chi connectivity index (χ2n) is 4.09. The highest BCUT2D eigenvalue weighted by molar-refractivity contribution is 5.96. The molecule has 0 aliphatic heterocycles. The average Bonchev–Trinajstić information content (AvgIpc) is 2.94. The van der Waals surface area contributed by atoms with E-state index in [-0.39, 0.29) is 0 Å². The van der Waals surface area contributed by atoms with E-state index >= 15 is 0 Å². The van der Waals surface area contributed by atoms with Gasteiger partial charge in [0.15, 0.2) is 6.04 Å². The molecule has 0 bridgehead atoms. The minimum Gasteiger partial charge on any atom is -0.479 e. The van der Waals surface area contributed by atoms with Crippen molar-refractivity contribution in [3.05, 3.63) is 35.9 Å². The van der Waals surface area contributed by atoms with E-state index < -0.39 is 17.9 Å². The summed E-state index contributed by atoms with van der Waals surface area (Å²) in [6.45, 7) is 0. The molecule has 2 aromatic rings. The van der Waals surface area contributed by atoms with Crippen LogP contribution >= 0.6 is 0 Å². The Hall–Kier alpha value is -2.64. The van der Waals surface area contributed by atoms with Gasteiger partial charge in [-0.1, -0.05) is 0 Å². The van der Waals surface area contributed by atoms with Crippen molar-refractivity contribution in [1.29, 1.82) is 0 Å². The van der Waals surface area contributed by atoms with Crippen LogP contribution in [0.25, 0.3) is 0 Å². The van der Waals surface area contributed by atoms with Gasteiger partial charge in [0.1, 0.15) is 0 Å². The van der Waals surface area contributed by atoms with Gasteiger partial charge in [0, 0.05) is 32.1 Å². The summed E-state index contributed by atoms with van der Waals surface area (Å²) in [5.41, 5.74) is 0.713. The van der Waals surface area contributed by atoms with Gasteiger partial charge in [0.05, 0.1) is 18.0 Å². The van der Waals surface area contributed by atoms with E-state index in [0.717, 1.165) is 0 Å². The summed E-state index contributed by atoms with van der Waals surface area (Å²) in [7, 11) is 3.35. The maximum atomic E-state index is 11.9. The van der Waals surface area contributed by atoms with Crippen molar-refractivity contribution in [2.24, 2.45) is 14.1 Å². The Bertz CT molecular complexity index is 615. The van der Waals surface area contributed by atoms with Crippen LogP contribution in [0.3, 0.4) is 0 Å². The van der Waals surface area contributed by atoms with Crippen LogP contribution in [-0.4, -0.2) is 36.5 Å². The van der Waals surface area contributed by atoms with Gasteiger partial charge < -0.3 is 10.4 Å². The van der Waals surface area contributed by atoms with E-state index in [4.69, 9.17) is 5.11 Å². The fourth-order valence-corrected chi connectivity index (χ4v) is 1.63. The summed E-state index contributed by atoms with van der Waals surface area (Å²) in [6.07, 6.45) is 5.83. The predicted octanol–water partition coefficient (Wildman–Crippen LogP) is -0.291. The molecule has 0 radical (unpaired) electrons.